The van der Waals surface area contributed by atoms with Crippen LogP contribution in [0, 0.1) is 29.9 Å². The van der Waals surface area contributed by atoms with Crippen molar-refractivity contribution in [3.8, 4) is 17.2 Å². The van der Waals surface area contributed by atoms with Gasteiger partial charge in [0.1, 0.15) is 0 Å². The lowest BCUT2D eigenvalue weighted by atomic mass is 9.96. The van der Waals surface area contributed by atoms with Crippen LogP contribution in [0.4, 0.5) is 8.78 Å². The fraction of sp³-hybridized carbons (Fsp3) is 0.0714. The molecule has 0 saturated heterocycles. The Bertz CT molecular complexity index is 612. The van der Waals surface area contributed by atoms with Crippen molar-refractivity contribution in [3.05, 3.63) is 59.2 Å². The Morgan fingerprint density at radius 1 is 1.00 bits per heavy atom. The predicted molar refractivity (Wildman–Crippen MR) is 61.2 cm³/mol. The van der Waals surface area contributed by atoms with Crippen LogP contribution < -0.4 is 0 Å². The zero-order valence-corrected chi connectivity index (χ0v) is 9.17. The largest absolute Gasteiger partial charge is 0.204 e. The first-order chi connectivity index (χ1) is 8.13. The van der Waals surface area contributed by atoms with Gasteiger partial charge in [-0.05, 0) is 30.2 Å². The van der Waals surface area contributed by atoms with Crippen molar-refractivity contribution in [1.29, 1.82) is 5.26 Å². The number of aryl methyl sites for hydroxylation is 1. The van der Waals surface area contributed by atoms with Gasteiger partial charge in [0.2, 0.25) is 0 Å². The molecule has 0 atom stereocenters. The van der Waals surface area contributed by atoms with E-state index in [9.17, 15) is 8.78 Å². The second-order valence-electron chi connectivity index (χ2n) is 3.74. The number of benzene rings is 2. The van der Waals surface area contributed by atoms with Gasteiger partial charge in [-0.25, -0.2) is 8.78 Å². The van der Waals surface area contributed by atoms with E-state index in [-0.39, 0.29) is 5.56 Å². The van der Waals surface area contributed by atoms with Crippen molar-refractivity contribution >= 4 is 0 Å². The van der Waals surface area contributed by atoms with E-state index in [0.29, 0.717) is 5.56 Å². The second kappa shape index (κ2) is 4.34. The molecule has 2 rings (SSSR count). The highest BCUT2D eigenvalue weighted by Gasteiger charge is 2.12. The molecule has 84 valence electrons. The molecule has 0 aliphatic carbocycles. The van der Waals surface area contributed by atoms with E-state index < -0.39 is 11.6 Å². The van der Waals surface area contributed by atoms with Gasteiger partial charge in [0.05, 0.1) is 11.6 Å². The molecule has 0 heterocycles. The maximum Gasteiger partial charge on any atom is 0.160 e. The molecule has 3 heteroatoms. The van der Waals surface area contributed by atoms with Crippen LogP contribution in [-0.2, 0) is 0 Å². The summed E-state index contributed by atoms with van der Waals surface area (Å²) in [5.74, 6) is -1.94. The monoisotopic (exact) mass is 229 g/mol. The standard InChI is InChI=1S/C14H9F2N/c1-9-4-2-3-5-11(9)12-7-14(16)13(15)6-10(12)8-17/h2-7H,1H3. The van der Waals surface area contributed by atoms with Crippen molar-refractivity contribution in [3.63, 3.8) is 0 Å². The SMILES string of the molecule is Cc1ccccc1-c1cc(F)c(F)cc1C#N. The van der Waals surface area contributed by atoms with Crippen molar-refractivity contribution < 1.29 is 8.78 Å². The third-order valence-electron chi connectivity index (χ3n) is 2.62. The zero-order chi connectivity index (χ0) is 12.4. The third-order valence-corrected chi connectivity index (χ3v) is 2.62. The van der Waals surface area contributed by atoms with Crippen molar-refractivity contribution in [2.45, 2.75) is 6.92 Å². The van der Waals surface area contributed by atoms with Crippen LogP contribution in [0.25, 0.3) is 11.1 Å². The summed E-state index contributed by atoms with van der Waals surface area (Å²) in [6.45, 7) is 1.86. The van der Waals surface area contributed by atoms with E-state index in [2.05, 4.69) is 0 Å². The highest BCUT2D eigenvalue weighted by atomic mass is 19.2. The molecule has 1 nitrogen and oxygen atoms in total. The van der Waals surface area contributed by atoms with E-state index in [1.807, 2.05) is 25.1 Å². The van der Waals surface area contributed by atoms with E-state index in [0.717, 1.165) is 23.3 Å². The molecule has 0 unspecified atom stereocenters. The third kappa shape index (κ3) is 2.02. The Labute approximate surface area is 97.9 Å². The predicted octanol–water partition coefficient (Wildman–Crippen LogP) is 3.81. The van der Waals surface area contributed by atoms with E-state index in [1.165, 1.54) is 0 Å². The van der Waals surface area contributed by atoms with Gasteiger partial charge < -0.3 is 0 Å². The molecule has 0 amide bonds. The van der Waals surface area contributed by atoms with E-state index >= 15 is 0 Å². The normalized spacial score (nSPS) is 10.0. The molecule has 0 fully saturated rings. The Morgan fingerprint density at radius 2 is 1.65 bits per heavy atom. The van der Waals surface area contributed by atoms with Gasteiger partial charge in [-0.15, -0.1) is 0 Å². The van der Waals surface area contributed by atoms with Crippen LogP contribution in [0.1, 0.15) is 11.1 Å². The van der Waals surface area contributed by atoms with E-state index in [1.54, 1.807) is 12.1 Å². The molecule has 2 aromatic carbocycles. The quantitative estimate of drug-likeness (QED) is 0.729. The van der Waals surface area contributed by atoms with Crippen LogP contribution >= 0.6 is 0 Å². The number of hydrogen-bond donors (Lipinski definition) is 0. The van der Waals surface area contributed by atoms with Crippen LogP contribution in [0.5, 0.6) is 0 Å². The number of nitriles is 1. The molecule has 0 aliphatic rings. The molecule has 0 radical (unpaired) electrons. The van der Waals surface area contributed by atoms with Gasteiger partial charge in [0, 0.05) is 5.56 Å². The topological polar surface area (TPSA) is 23.8 Å². The smallest absolute Gasteiger partial charge is 0.160 e. The van der Waals surface area contributed by atoms with Crippen LogP contribution in [0.2, 0.25) is 0 Å². The van der Waals surface area contributed by atoms with Crippen LogP contribution in [0.3, 0.4) is 0 Å². The molecule has 0 N–H and O–H groups in total. The number of halogens is 2. The summed E-state index contributed by atoms with van der Waals surface area (Å²) in [4.78, 5) is 0. The van der Waals surface area contributed by atoms with Crippen molar-refractivity contribution in [2.24, 2.45) is 0 Å². The molecule has 0 spiro atoms. The minimum Gasteiger partial charge on any atom is -0.204 e. The summed E-state index contributed by atoms with van der Waals surface area (Å²) in [5.41, 5.74) is 2.21. The van der Waals surface area contributed by atoms with Gasteiger partial charge in [0.15, 0.2) is 11.6 Å². The van der Waals surface area contributed by atoms with Gasteiger partial charge >= 0.3 is 0 Å². The number of rotatable bonds is 1. The maximum absolute atomic E-state index is 13.2. The van der Waals surface area contributed by atoms with Gasteiger partial charge in [0.25, 0.3) is 0 Å². The minimum absolute atomic E-state index is 0.137. The molecule has 0 bridgehead atoms. The Morgan fingerprint density at radius 3 is 2.29 bits per heavy atom. The highest BCUT2D eigenvalue weighted by Crippen LogP contribution is 2.28. The summed E-state index contributed by atoms with van der Waals surface area (Å²) in [6, 6.07) is 11.2. The lowest BCUT2D eigenvalue weighted by molar-refractivity contribution is 0.508. The van der Waals surface area contributed by atoms with Gasteiger partial charge in [-0.3, -0.25) is 0 Å². The summed E-state index contributed by atoms with van der Waals surface area (Å²) < 4.78 is 26.3. The fourth-order valence-electron chi connectivity index (χ4n) is 1.74. The molecular weight excluding hydrogens is 220 g/mol. The molecule has 0 saturated carbocycles. The van der Waals surface area contributed by atoms with Crippen LogP contribution in [-0.4, -0.2) is 0 Å². The van der Waals surface area contributed by atoms with Crippen molar-refractivity contribution in [1.82, 2.24) is 0 Å². The number of hydrogen-bond acceptors (Lipinski definition) is 1. The highest BCUT2D eigenvalue weighted by molar-refractivity contribution is 5.73. The maximum atomic E-state index is 13.2. The summed E-state index contributed by atoms with van der Waals surface area (Å²) in [6.07, 6.45) is 0. The fourth-order valence-corrected chi connectivity index (χ4v) is 1.74. The first-order valence-electron chi connectivity index (χ1n) is 5.08. The summed E-state index contributed by atoms with van der Waals surface area (Å²) in [7, 11) is 0. The molecular formula is C14H9F2N. The minimum atomic E-state index is -1.00. The van der Waals surface area contributed by atoms with Gasteiger partial charge in [-0.1, -0.05) is 24.3 Å². The Kier molecular flexibility index (Phi) is 2.88. The Balaban J connectivity index is 2.72. The molecule has 2 aromatic rings. The first kappa shape index (κ1) is 11.3. The van der Waals surface area contributed by atoms with Crippen LogP contribution in [0.15, 0.2) is 36.4 Å². The zero-order valence-electron chi connectivity index (χ0n) is 9.17. The lowest BCUT2D eigenvalue weighted by Crippen LogP contribution is -1.92. The second-order valence-corrected chi connectivity index (χ2v) is 3.74. The lowest BCUT2D eigenvalue weighted by Gasteiger charge is -2.08. The molecule has 0 aromatic heterocycles. The van der Waals surface area contributed by atoms with Gasteiger partial charge in [-0.2, -0.15) is 5.26 Å². The number of nitrogens with zero attached hydrogens (tertiary/aromatic N) is 1. The van der Waals surface area contributed by atoms with Crippen molar-refractivity contribution in [2.75, 3.05) is 0 Å². The molecule has 0 aliphatic heterocycles. The average molecular weight is 229 g/mol. The van der Waals surface area contributed by atoms with E-state index in [4.69, 9.17) is 5.26 Å². The molecule has 17 heavy (non-hydrogen) atoms. The average Bonchev–Trinajstić information content (AvgIpc) is 2.33. The summed E-state index contributed by atoms with van der Waals surface area (Å²) in [5, 5.41) is 8.95. The Hall–Kier alpha value is -2.21. The first-order valence-corrected chi connectivity index (χ1v) is 5.08. The summed E-state index contributed by atoms with van der Waals surface area (Å²) >= 11 is 0.